The van der Waals surface area contributed by atoms with Crippen LogP contribution in [0.25, 0.3) is 0 Å². The molecule has 3 amide bonds. The molecule has 4 N–H and O–H groups in total. The molecule has 0 fully saturated rings. The van der Waals surface area contributed by atoms with Gasteiger partial charge in [0.25, 0.3) is 0 Å². The molecule has 0 saturated carbocycles. The van der Waals surface area contributed by atoms with Crippen LogP contribution in [-0.4, -0.2) is 18.0 Å². The Kier molecular flexibility index (Phi) is 6.35. The van der Waals surface area contributed by atoms with E-state index in [1.54, 1.807) is 0 Å². The number of halogens is 4. The van der Waals surface area contributed by atoms with E-state index in [-0.39, 0.29) is 5.69 Å². The molecule has 1 aromatic carbocycles. The van der Waals surface area contributed by atoms with Gasteiger partial charge >= 0.3 is 12.2 Å². The van der Waals surface area contributed by atoms with E-state index in [9.17, 15) is 27.2 Å². The molecule has 9 heteroatoms. The van der Waals surface area contributed by atoms with E-state index in [2.05, 4.69) is 10.6 Å². The molecule has 0 saturated heterocycles. The van der Waals surface area contributed by atoms with Crippen molar-refractivity contribution in [3.63, 3.8) is 0 Å². The molecule has 1 atom stereocenters. The largest absolute Gasteiger partial charge is 0.419 e. The predicted molar refractivity (Wildman–Crippen MR) is 76.1 cm³/mol. The lowest BCUT2D eigenvalue weighted by Crippen LogP contribution is -2.46. The summed E-state index contributed by atoms with van der Waals surface area (Å²) in [7, 11) is 0. The number of benzene rings is 1. The Balaban J connectivity index is 2.73. The summed E-state index contributed by atoms with van der Waals surface area (Å²) in [5.41, 5.74) is 3.54. The maximum absolute atomic E-state index is 13.4. The molecule has 0 heterocycles. The van der Waals surface area contributed by atoms with Crippen molar-refractivity contribution in [2.75, 3.05) is 5.32 Å². The lowest BCUT2D eigenvalue weighted by molar-refractivity contribution is -0.140. The van der Waals surface area contributed by atoms with E-state index < -0.39 is 35.5 Å². The summed E-state index contributed by atoms with van der Waals surface area (Å²) in [4.78, 5) is 22.9. The van der Waals surface area contributed by atoms with Gasteiger partial charge in [-0.1, -0.05) is 19.8 Å². The van der Waals surface area contributed by atoms with Gasteiger partial charge in [0.15, 0.2) is 0 Å². The van der Waals surface area contributed by atoms with Gasteiger partial charge in [0.1, 0.15) is 11.9 Å². The van der Waals surface area contributed by atoms with Gasteiger partial charge in [-0.25, -0.2) is 9.18 Å². The number of carbonyl (C=O) groups is 2. The van der Waals surface area contributed by atoms with Crippen molar-refractivity contribution >= 4 is 17.6 Å². The van der Waals surface area contributed by atoms with Crippen LogP contribution in [0.1, 0.15) is 31.7 Å². The Bertz CT molecular complexity index is 576. The number of unbranched alkanes of at least 4 members (excludes halogenated alkanes) is 1. The van der Waals surface area contributed by atoms with Crippen molar-refractivity contribution in [1.29, 1.82) is 0 Å². The molecular formula is C14H17F4N3O2. The number of rotatable bonds is 6. The van der Waals surface area contributed by atoms with Crippen LogP contribution in [-0.2, 0) is 11.0 Å². The molecule has 0 aliphatic heterocycles. The standard InChI is InChI=1S/C14H17F4N3O2/c1-2-3-4-11(12(19)22)21-13(23)20-8-5-6-9(10(15)7-8)14(16,17)18/h5-7,11H,2-4H2,1H3,(H2,19,22)(H2,20,21,23)/t11-/m1/s1. The monoisotopic (exact) mass is 335 g/mol. The molecule has 0 bridgehead atoms. The number of primary amides is 1. The highest BCUT2D eigenvalue weighted by atomic mass is 19.4. The molecule has 0 aliphatic carbocycles. The van der Waals surface area contributed by atoms with Crippen LogP contribution in [0.5, 0.6) is 0 Å². The summed E-state index contributed by atoms with van der Waals surface area (Å²) in [5.74, 6) is -2.24. The van der Waals surface area contributed by atoms with Crippen molar-refractivity contribution in [1.82, 2.24) is 5.32 Å². The quantitative estimate of drug-likeness (QED) is 0.698. The van der Waals surface area contributed by atoms with E-state index in [0.717, 1.165) is 12.5 Å². The summed E-state index contributed by atoms with van der Waals surface area (Å²) >= 11 is 0. The average molecular weight is 335 g/mol. The minimum absolute atomic E-state index is 0.174. The summed E-state index contributed by atoms with van der Waals surface area (Å²) in [6.07, 6.45) is -3.04. The Morgan fingerprint density at radius 1 is 1.30 bits per heavy atom. The number of urea groups is 1. The highest BCUT2D eigenvalue weighted by Crippen LogP contribution is 2.32. The zero-order valence-electron chi connectivity index (χ0n) is 12.3. The summed E-state index contributed by atoms with van der Waals surface area (Å²) in [6.45, 7) is 1.89. The first-order valence-electron chi connectivity index (χ1n) is 6.88. The first kappa shape index (κ1) is 18.7. The highest BCUT2D eigenvalue weighted by Gasteiger charge is 2.34. The molecular weight excluding hydrogens is 318 g/mol. The molecule has 23 heavy (non-hydrogen) atoms. The first-order chi connectivity index (χ1) is 10.6. The SMILES string of the molecule is CCCC[C@@H](NC(=O)Nc1ccc(C(F)(F)F)c(F)c1)C(N)=O. The number of alkyl halides is 3. The number of nitrogens with one attached hydrogen (secondary N) is 2. The number of hydrogen-bond acceptors (Lipinski definition) is 2. The van der Waals surface area contributed by atoms with Gasteiger partial charge in [-0.15, -0.1) is 0 Å². The van der Waals surface area contributed by atoms with Gasteiger partial charge in [-0.3, -0.25) is 4.79 Å². The zero-order valence-corrected chi connectivity index (χ0v) is 12.3. The third-order valence-electron chi connectivity index (χ3n) is 3.03. The Hall–Kier alpha value is -2.32. The smallest absolute Gasteiger partial charge is 0.368 e. The van der Waals surface area contributed by atoms with Crippen molar-refractivity contribution in [2.24, 2.45) is 5.73 Å². The minimum Gasteiger partial charge on any atom is -0.368 e. The minimum atomic E-state index is -4.82. The molecule has 0 aromatic heterocycles. The van der Waals surface area contributed by atoms with Gasteiger partial charge in [-0.2, -0.15) is 13.2 Å². The second-order valence-electron chi connectivity index (χ2n) is 4.89. The second-order valence-corrected chi connectivity index (χ2v) is 4.89. The predicted octanol–water partition coefficient (Wildman–Crippen LogP) is 3.01. The van der Waals surface area contributed by atoms with Crippen LogP contribution in [0.3, 0.4) is 0 Å². The van der Waals surface area contributed by atoms with E-state index in [1.807, 2.05) is 6.92 Å². The van der Waals surface area contributed by atoms with Crippen LogP contribution in [0.4, 0.5) is 28.0 Å². The van der Waals surface area contributed by atoms with Crippen molar-refractivity contribution < 1.29 is 27.2 Å². The average Bonchev–Trinajstić information content (AvgIpc) is 2.41. The van der Waals surface area contributed by atoms with Crippen LogP contribution in [0, 0.1) is 5.82 Å². The number of amides is 3. The molecule has 0 aliphatic rings. The number of carbonyl (C=O) groups excluding carboxylic acids is 2. The topological polar surface area (TPSA) is 84.2 Å². The molecule has 128 valence electrons. The number of anilines is 1. The lowest BCUT2D eigenvalue weighted by Gasteiger charge is -2.16. The first-order valence-corrected chi connectivity index (χ1v) is 6.88. The fraction of sp³-hybridized carbons (Fsp3) is 0.429. The molecule has 1 aromatic rings. The van der Waals surface area contributed by atoms with Crippen molar-refractivity contribution in [3.05, 3.63) is 29.6 Å². The van der Waals surface area contributed by atoms with Gasteiger partial charge in [0.05, 0.1) is 5.56 Å². The van der Waals surface area contributed by atoms with Crippen LogP contribution < -0.4 is 16.4 Å². The fourth-order valence-corrected chi connectivity index (χ4v) is 1.84. The van der Waals surface area contributed by atoms with E-state index in [1.165, 1.54) is 0 Å². The zero-order chi connectivity index (χ0) is 17.6. The van der Waals surface area contributed by atoms with Gasteiger partial charge in [0, 0.05) is 5.69 Å². The molecule has 0 unspecified atom stereocenters. The summed E-state index contributed by atoms with van der Waals surface area (Å²) < 4.78 is 50.7. The Morgan fingerprint density at radius 3 is 2.43 bits per heavy atom. The maximum atomic E-state index is 13.4. The van der Waals surface area contributed by atoms with E-state index in [4.69, 9.17) is 5.73 Å². The van der Waals surface area contributed by atoms with Gasteiger partial charge < -0.3 is 16.4 Å². The van der Waals surface area contributed by atoms with E-state index >= 15 is 0 Å². The van der Waals surface area contributed by atoms with Crippen LogP contribution >= 0.6 is 0 Å². The fourth-order valence-electron chi connectivity index (χ4n) is 1.84. The lowest BCUT2D eigenvalue weighted by atomic mass is 10.1. The van der Waals surface area contributed by atoms with Gasteiger partial charge in [-0.05, 0) is 24.6 Å². The van der Waals surface area contributed by atoms with E-state index in [0.29, 0.717) is 25.0 Å². The number of hydrogen-bond donors (Lipinski definition) is 3. The maximum Gasteiger partial charge on any atom is 0.419 e. The van der Waals surface area contributed by atoms with Crippen molar-refractivity contribution in [2.45, 2.75) is 38.4 Å². The summed E-state index contributed by atoms with van der Waals surface area (Å²) in [6, 6.07) is 0.219. The number of nitrogens with two attached hydrogens (primary N) is 1. The molecule has 0 radical (unpaired) electrons. The molecule has 0 spiro atoms. The Morgan fingerprint density at radius 2 is 1.96 bits per heavy atom. The normalized spacial score (nSPS) is 12.6. The summed E-state index contributed by atoms with van der Waals surface area (Å²) in [5, 5.41) is 4.45. The third-order valence-corrected chi connectivity index (χ3v) is 3.03. The van der Waals surface area contributed by atoms with Crippen molar-refractivity contribution in [3.8, 4) is 0 Å². The van der Waals surface area contributed by atoms with Crippen LogP contribution in [0.15, 0.2) is 18.2 Å². The molecule has 1 rings (SSSR count). The Labute approximate surface area is 130 Å². The third kappa shape index (κ3) is 5.76. The van der Waals surface area contributed by atoms with Crippen LogP contribution in [0.2, 0.25) is 0 Å². The second kappa shape index (κ2) is 7.80. The highest BCUT2D eigenvalue weighted by molar-refractivity contribution is 5.93. The van der Waals surface area contributed by atoms with Gasteiger partial charge in [0.2, 0.25) is 5.91 Å². The molecule has 5 nitrogen and oxygen atoms in total.